The van der Waals surface area contributed by atoms with Gasteiger partial charge >= 0.3 is 5.97 Å². The van der Waals surface area contributed by atoms with E-state index in [0.29, 0.717) is 22.8 Å². The maximum Gasteiger partial charge on any atom is 0.308 e. The Kier molecular flexibility index (Phi) is 8.07. The normalized spacial score (nSPS) is 10.4. The second-order valence-corrected chi connectivity index (χ2v) is 5.96. The number of hydrogen-bond donors (Lipinski definition) is 1. The molecule has 0 atom stereocenters. The Bertz CT molecular complexity index is 937. The standard InChI is InChI=1S/C21H24N2O8/c1-12(24)31-20-15(26-2)7-13(8-16(20)27-3)11-22-23-21(25)14-9-17(28-4)19(30-6)18(10-14)29-5/h7-11H,1-6H3,(H,23,25). The lowest BCUT2D eigenvalue weighted by Gasteiger charge is -2.13. The third-order valence-electron chi connectivity index (χ3n) is 4.04. The second kappa shape index (κ2) is 10.7. The van der Waals surface area contributed by atoms with Crippen LogP contribution < -0.4 is 33.8 Å². The van der Waals surface area contributed by atoms with Crippen LogP contribution in [0.1, 0.15) is 22.8 Å². The molecule has 1 amide bonds. The van der Waals surface area contributed by atoms with E-state index >= 15 is 0 Å². The molecule has 0 aliphatic rings. The fourth-order valence-corrected chi connectivity index (χ4v) is 2.66. The van der Waals surface area contributed by atoms with Crippen LogP contribution in [0.15, 0.2) is 29.4 Å². The van der Waals surface area contributed by atoms with Gasteiger partial charge in [0.15, 0.2) is 23.0 Å². The van der Waals surface area contributed by atoms with Crippen molar-refractivity contribution in [1.82, 2.24) is 5.43 Å². The molecule has 0 saturated heterocycles. The molecule has 166 valence electrons. The zero-order chi connectivity index (χ0) is 23.0. The average Bonchev–Trinajstić information content (AvgIpc) is 2.77. The van der Waals surface area contributed by atoms with E-state index in [0.717, 1.165) is 0 Å². The van der Waals surface area contributed by atoms with Gasteiger partial charge in [-0.1, -0.05) is 0 Å². The van der Waals surface area contributed by atoms with Crippen molar-refractivity contribution in [2.24, 2.45) is 5.10 Å². The summed E-state index contributed by atoms with van der Waals surface area (Å²) in [6.07, 6.45) is 1.39. The number of hydrazone groups is 1. The maximum atomic E-state index is 12.5. The monoisotopic (exact) mass is 432 g/mol. The van der Waals surface area contributed by atoms with E-state index in [2.05, 4.69) is 10.5 Å². The smallest absolute Gasteiger partial charge is 0.308 e. The van der Waals surface area contributed by atoms with Crippen molar-refractivity contribution < 1.29 is 38.0 Å². The number of nitrogens with one attached hydrogen (secondary N) is 1. The van der Waals surface area contributed by atoms with E-state index in [1.54, 1.807) is 12.1 Å². The van der Waals surface area contributed by atoms with Gasteiger partial charge in [0.25, 0.3) is 5.91 Å². The third kappa shape index (κ3) is 5.56. The molecule has 0 aliphatic carbocycles. The number of esters is 1. The molecule has 0 bridgehead atoms. The first-order valence-corrected chi connectivity index (χ1v) is 8.96. The van der Waals surface area contributed by atoms with Crippen molar-refractivity contribution >= 4 is 18.1 Å². The van der Waals surface area contributed by atoms with Gasteiger partial charge in [-0.05, 0) is 24.3 Å². The van der Waals surface area contributed by atoms with Crippen molar-refractivity contribution in [3.05, 3.63) is 35.4 Å². The molecular formula is C21H24N2O8. The number of rotatable bonds is 9. The van der Waals surface area contributed by atoms with E-state index in [1.807, 2.05) is 0 Å². The summed E-state index contributed by atoms with van der Waals surface area (Å²) in [5, 5.41) is 3.96. The van der Waals surface area contributed by atoms with Gasteiger partial charge in [0, 0.05) is 18.1 Å². The summed E-state index contributed by atoms with van der Waals surface area (Å²) >= 11 is 0. The van der Waals surface area contributed by atoms with Gasteiger partial charge in [-0.15, -0.1) is 0 Å². The predicted octanol–water partition coefficient (Wildman–Crippen LogP) is 2.42. The molecule has 31 heavy (non-hydrogen) atoms. The van der Waals surface area contributed by atoms with Crippen LogP contribution in [0.25, 0.3) is 0 Å². The van der Waals surface area contributed by atoms with E-state index in [-0.39, 0.29) is 22.8 Å². The molecule has 0 fully saturated rings. The molecule has 10 nitrogen and oxygen atoms in total. The molecule has 2 aromatic rings. The molecule has 0 unspecified atom stereocenters. The third-order valence-corrected chi connectivity index (χ3v) is 4.04. The Balaban J connectivity index is 2.26. The number of carbonyl (C=O) groups is 2. The summed E-state index contributed by atoms with van der Waals surface area (Å²) in [5.74, 6) is 0.728. The summed E-state index contributed by atoms with van der Waals surface area (Å²) in [6.45, 7) is 1.27. The van der Waals surface area contributed by atoms with Gasteiger partial charge < -0.3 is 28.4 Å². The van der Waals surface area contributed by atoms with Gasteiger partial charge in [-0.25, -0.2) is 5.43 Å². The Labute approximate surface area is 179 Å². The Morgan fingerprint density at radius 3 is 1.68 bits per heavy atom. The first-order valence-electron chi connectivity index (χ1n) is 8.96. The lowest BCUT2D eigenvalue weighted by Crippen LogP contribution is -2.18. The lowest BCUT2D eigenvalue weighted by molar-refractivity contribution is -0.132. The zero-order valence-electron chi connectivity index (χ0n) is 18.1. The minimum Gasteiger partial charge on any atom is -0.493 e. The van der Waals surface area contributed by atoms with Crippen LogP contribution in [-0.4, -0.2) is 53.6 Å². The average molecular weight is 432 g/mol. The number of amides is 1. The molecule has 0 heterocycles. The van der Waals surface area contributed by atoms with E-state index in [4.69, 9.17) is 28.4 Å². The SMILES string of the molecule is COc1cc(C(=O)NN=Cc2cc(OC)c(OC(C)=O)c(OC)c2)cc(OC)c1OC. The number of benzene rings is 2. The van der Waals surface area contributed by atoms with Crippen LogP contribution in [0.2, 0.25) is 0 Å². The van der Waals surface area contributed by atoms with Gasteiger partial charge in [0.2, 0.25) is 11.5 Å². The second-order valence-electron chi connectivity index (χ2n) is 5.96. The highest BCUT2D eigenvalue weighted by Crippen LogP contribution is 2.39. The fourth-order valence-electron chi connectivity index (χ4n) is 2.66. The molecule has 10 heteroatoms. The molecule has 2 aromatic carbocycles. The van der Waals surface area contributed by atoms with Crippen LogP contribution >= 0.6 is 0 Å². The first kappa shape index (κ1) is 23.3. The number of ether oxygens (including phenoxy) is 6. The van der Waals surface area contributed by atoms with E-state index in [1.165, 1.54) is 60.8 Å². The highest BCUT2D eigenvalue weighted by Gasteiger charge is 2.17. The zero-order valence-corrected chi connectivity index (χ0v) is 18.1. The van der Waals surface area contributed by atoms with E-state index < -0.39 is 11.9 Å². The van der Waals surface area contributed by atoms with Crippen molar-refractivity contribution in [1.29, 1.82) is 0 Å². The molecule has 0 aliphatic heterocycles. The molecule has 0 aromatic heterocycles. The number of carbonyl (C=O) groups excluding carboxylic acids is 2. The van der Waals surface area contributed by atoms with Crippen LogP contribution in [0, 0.1) is 0 Å². The van der Waals surface area contributed by atoms with Gasteiger partial charge in [0.05, 0.1) is 41.8 Å². The van der Waals surface area contributed by atoms with Gasteiger partial charge in [-0.3, -0.25) is 9.59 Å². The van der Waals surface area contributed by atoms with E-state index in [9.17, 15) is 9.59 Å². The Morgan fingerprint density at radius 1 is 0.774 bits per heavy atom. The fraction of sp³-hybridized carbons (Fsp3) is 0.286. The molecule has 0 radical (unpaired) electrons. The summed E-state index contributed by atoms with van der Waals surface area (Å²) in [5.41, 5.74) is 3.21. The van der Waals surface area contributed by atoms with Crippen molar-refractivity contribution in [3.63, 3.8) is 0 Å². The van der Waals surface area contributed by atoms with Crippen LogP contribution in [0.5, 0.6) is 34.5 Å². The molecule has 2 rings (SSSR count). The van der Waals surface area contributed by atoms with Crippen molar-refractivity contribution in [2.75, 3.05) is 35.5 Å². The highest BCUT2D eigenvalue weighted by atomic mass is 16.6. The quantitative estimate of drug-likeness (QED) is 0.278. The van der Waals surface area contributed by atoms with Gasteiger partial charge in [-0.2, -0.15) is 5.10 Å². The molecule has 0 saturated carbocycles. The summed E-state index contributed by atoms with van der Waals surface area (Å²) in [4.78, 5) is 23.8. The highest BCUT2D eigenvalue weighted by molar-refractivity contribution is 5.96. The van der Waals surface area contributed by atoms with Gasteiger partial charge in [0.1, 0.15) is 0 Å². The number of nitrogens with zero attached hydrogens (tertiary/aromatic N) is 1. The van der Waals surface area contributed by atoms with Crippen LogP contribution in [-0.2, 0) is 4.79 Å². The number of methoxy groups -OCH3 is 5. The summed E-state index contributed by atoms with van der Waals surface area (Å²) in [7, 11) is 7.23. The Morgan fingerprint density at radius 2 is 1.26 bits per heavy atom. The molecular weight excluding hydrogens is 408 g/mol. The topological polar surface area (TPSA) is 114 Å². The summed E-state index contributed by atoms with van der Waals surface area (Å²) in [6, 6.07) is 6.17. The molecule has 0 spiro atoms. The van der Waals surface area contributed by atoms with Crippen LogP contribution in [0.3, 0.4) is 0 Å². The number of hydrogen-bond acceptors (Lipinski definition) is 9. The maximum absolute atomic E-state index is 12.5. The van der Waals surface area contributed by atoms with Crippen molar-refractivity contribution in [3.8, 4) is 34.5 Å². The first-order chi connectivity index (χ1) is 14.9. The minimum absolute atomic E-state index is 0.149. The predicted molar refractivity (Wildman–Crippen MR) is 112 cm³/mol. The molecule has 1 N–H and O–H groups in total. The lowest BCUT2D eigenvalue weighted by atomic mass is 10.1. The Hall–Kier alpha value is -3.95. The van der Waals surface area contributed by atoms with Crippen molar-refractivity contribution in [2.45, 2.75) is 6.92 Å². The summed E-state index contributed by atoms with van der Waals surface area (Å²) < 4.78 is 31.4. The van der Waals surface area contributed by atoms with Crippen LogP contribution in [0.4, 0.5) is 0 Å². The largest absolute Gasteiger partial charge is 0.493 e. The minimum atomic E-state index is -0.518.